The number of rotatable bonds is 6. The van der Waals surface area contributed by atoms with Crippen molar-refractivity contribution < 1.29 is 4.79 Å². The molecule has 5 heteroatoms. The van der Waals surface area contributed by atoms with Crippen LogP contribution in [-0.2, 0) is 11.2 Å². The van der Waals surface area contributed by atoms with Crippen LogP contribution in [0.5, 0.6) is 0 Å². The van der Waals surface area contributed by atoms with Crippen molar-refractivity contribution in [3.8, 4) is 11.3 Å². The molecule has 4 bridgehead atoms. The Morgan fingerprint density at radius 1 is 1.13 bits per heavy atom. The molecule has 0 spiro atoms. The van der Waals surface area contributed by atoms with Crippen LogP contribution in [0, 0.1) is 29.1 Å². The van der Waals surface area contributed by atoms with Crippen molar-refractivity contribution in [3.05, 3.63) is 36.2 Å². The van der Waals surface area contributed by atoms with Gasteiger partial charge in [-0.25, -0.2) is 9.97 Å². The number of amides is 1. The standard InChI is InChI=1S/C26H34N4O/c1-3-16(2)25(31)30-24-22(29-23(15-28-24)20-4-6-21(27)7-5-20)14-26-11-17-8-18(12-26)10-19(9-17)13-26/h4-7,15-19H,3,8-14,27H2,1-2H3,(H,28,30,31). The molecule has 6 rings (SSSR count). The van der Waals surface area contributed by atoms with Gasteiger partial charge in [-0.1, -0.05) is 26.0 Å². The van der Waals surface area contributed by atoms with E-state index in [9.17, 15) is 4.79 Å². The van der Waals surface area contributed by atoms with Gasteiger partial charge in [0.05, 0.1) is 17.6 Å². The molecule has 5 nitrogen and oxygen atoms in total. The molecule has 4 aliphatic rings. The van der Waals surface area contributed by atoms with E-state index in [0.29, 0.717) is 11.2 Å². The molecule has 0 saturated heterocycles. The van der Waals surface area contributed by atoms with E-state index in [0.717, 1.165) is 53.2 Å². The number of nitrogens with zero attached hydrogens (tertiary/aromatic N) is 2. The molecule has 0 radical (unpaired) electrons. The fourth-order valence-electron chi connectivity index (χ4n) is 6.74. The minimum atomic E-state index is -0.0361. The molecule has 1 aromatic carbocycles. The second-order valence-corrected chi connectivity index (χ2v) is 10.6. The SMILES string of the molecule is CCC(C)C(=O)Nc1ncc(-c2ccc(N)cc2)nc1CC12CC3CC(CC(C3)C1)C2. The van der Waals surface area contributed by atoms with Crippen LogP contribution < -0.4 is 11.1 Å². The van der Waals surface area contributed by atoms with Gasteiger partial charge in [0.25, 0.3) is 0 Å². The first kappa shape index (κ1) is 20.5. The summed E-state index contributed by atoms with van der Waals surface area (Å²) < 4.78 is 0. The Morgan fingerprint density at radius 3 is 2.32 bits per heavy atom. The fourth-order valence-corrected chi connectivity index (χ4v) is 6.74. The summed E-state index contributed by atoms with van der Waals surface area (Å²) in [5.74, 6) is 3.31. The van der Waals surface area contributed by atoms with Gasteiger partial charge in [0.1, 0.15) is 0 Å². The van der Waals surface area contributed by atoms with Crippen molar-refractivity contribution in [1.82, 2.24) is 9.97 Å². The largest absolute Gasteiger partial charge is 0.399 e. The molecule has 4 saturated carbocycles. The lowest BCUT2D eigenvalue weighted by Gasteiger charge is -2.57. The molecule has 31 heavy (non-hydrogen) atoms. The zero-order chi connectivity index (χ0) is 21.6. The Balaban J connectivity index is 1.48. The van der Waals surface area contributed by atoms with E-state index in [1.54, 1.807) is 6.20 Å². The van der Waals surface area contributed by atoms with Gasteiger partial charge in [-0.05, 0) is 86.7 Å². The van der Waals surface area contributed by atoms with E-state index in [1.807, 2.05) is 38.1 Å². The first-order valence-electron chi connectivity index (χ1n) is 12.0. The maximum absolute atomic E-state index is 12.7. The highest BCUT2D eigenvalue weighted by atomic mass is 16.1. The van der Waals surface area contributed by atoms with E-state index in [2.05, 4.69) is 5.32 Å². The molecule has 3 N–H and O–H groups in total. The van der Waals surface area contributed by atoms with Crippen LogP contribution in [0.2, 0.25) is 0 Å². The highest BCUT2D eigenvalue weighted by Gasteiger charge is 2.51. The third-order valence-corrected chi connectivity index (χ3v) is 8.06. The summed E-state index contributed by atoms with van der Waals surface area (Å²) in [6.07, 6.45) is 11.7. The number of nitrogen functional groups attached to an aromatic ring is 1. The average molecular weight is 419 g/mol. The lowest BCUT2D eigenvalue weighted by molar-refractivity contribution is -0.119. The number of nitrogens with one attached hydrogen (secondary N) is 1. The van der Waals surface area contributed by atoms with E-state index in [4.69, 9.17) is 15.7 Å². The van der Waals surface area contributed by atoms with Crippen molar-refractivity contribution in [2.24, 2.45) is 29.1 Å². The summed E-state index contributed by atoms with van der Waals surface area (Å²) >= 11 is 0. The molecule has 1 amide bonds. The summed E-state index contributed by atoms with van der Waals surface area (Å²) in [4.78, 5) is 22.4. The number of hydrogen-bond acceptors (Lipinski definition) is 4. The summed E-state index contributed by atoms with van der Waals surface area (Å²) in [6.45, 7) is 4.00. The Bertz CT molecular complexity index is 933. The number of carbonyl (C=O) groups is 1. The monoisotopic (exact) mass is 418 g/mol. The molecule has 0 aliphatic heterocycles. The number of hydrogen-bond donors (Lipinski definition) is 2. The maximum Gasteiger partial charge on any atom is 0.228 e. The topological polar surface area (TPSA) is 80.9 Å². The van der Waals surface area contributed by atoms with Crippen molar-refractivity contribution in [2.45, 2.75) is 65.2 Å². The van der Waals surface area contributed by atoms with Crippen LogP contribution in [0.3, 0.4) is 0 Å². The Kier molecular flexibility index (Phi) is 5.23. The first-order valence-corrected chi connectivity index (χ1v) is 12.0. The molecular formula is C26H34N4O. The van der Waals surface area contributed by atoms with Gasteiger partial charge in [0.15, 0.2) is 5.82 Å². The quantitative estimate of drug-likeness (QED) is 0.610. The highest BCUT2D eigenvalue weighted by molar-refractivity contribution is 5.92. The minimum Gasteiger partial charge on any atom is -0.399 e. The average Bonchev–Trinajstić information content (AvgIpc) is 2.73. The summed E-state index contributed by atoms with van der Waals surface area (Å²) in [6, 6.07) is 7.78. The number of carbonyl (C=O) groups excluding carboxylic acids is 1. The predicted octanol–water partition coefficient (Wildman–Crippen LogP) is 5.47. The zero-order valence-corrected chi connectivity index (χ0v) is 18.7. The van der Waals surface area contributed by atoms with Crippen molar-refractivity contribution in [1.29, 1.82) is 0 Å². The van der Waals surface area contributed by atoms with Gasteiger partial charge < -0.3 is 11.1 Å². The first-order chi connectivity index (χ1) is 14.9. The van der Waals surface area contributed by atoms with Crippen LogP contribution in [0.1, 0.15) is 64.5 Å². The number of benzene rings is 1. The molecule has 164 valence electrons. The Hall–Kier alpha value is -2.43. The van der Waals surface area contributed by atoms with Gasteiger partial charge in [-0.15, -0.1) is 0 Å². The predicted molar refractivity (Wildman–Crippen MR) is 124 cm³/mol. The van der Waals surface area contributed by atoms with E-state index in [-0.39, 0.29) is 11.8 Å². The molecule has 1 atom stereocenters. The fraction of sp³-hybridized carbons (Fsp3) is 0.577. The lowest BCUT2D eigenvalue weighted by atomic mass is 9.48. The van der Waals surface area contributed by atoms with Gasteiger partial charge in [0, 0.05) is 17.2 Å². The third-order valence-electron chi connectivity index (χ3n) is 8.06. The molecule has 4 aliphatic carbocycles. The summed E-state index contributed by atoms with van der Waals surface area (Å²) in [5.41, 5.74) is 9.75. The second-order valence-electron chi connectivity index (χ2n) is 10.6. The van der Waals surface area contributed by atoms with Gasteiger partial charge >= 0.3 is 0 Å². The van der Waals surface area contributed by atoms with Gasteiger partial charge in [0.2, 0.25) is 5.91 Å². The van der Waals surface area contributed by atoms with Crippen LogP contribution in [0.4, 0.5) is 11.5 Å². The number of nitrogens with two attached hydrogens (primary N) is 1. The van der Waals surface area contributed by atoms with Crippen LogP contribution in [-0.4, -0.2) is 15.9 Å². The minimum absolute atomic E-state index is 0.0313. The third kappa shape index (κ3) is 4.07. The van der Waals surface area contributed by atoms with E-state index >= 15 is 0 Å². The molecule has 1 heterocycles. The second kappa shape index (κ2) is 7.92. The van der Waals surface area contributed by atoms with Gasteiger partial charge in [-0.3, -0.25) is 4.79 Å². The molecule has 2 aromatic rings. The summed E-state index contributed by atoms with van der Waals surface area (Å²) in [7, 11) is 0. The van der Waals surface area contributed by atoms with Crippen molar-refractivity contribution in [3.63, 3.8) is 0 Å². The molecule has 1 unspecified atom stereocenters. The molecule has 1 aromatic heterocycles. The zero-order valence-electron chi connectivity index (χ0n) is 18.7. The van der Waals surface area contributed by atoms with Crippen LogP contribution >= 0.6 is 0 Å². The summed E-state index contributed by atoms with van der Waals surface area (Å²) in [5, 5.41) is 3.10. The van der Waals surface area contributed by atoms with Gasteiger partial charge in [-0.2, -0.15) is 0 Å². The number of anilines is 2. The molecule has 4 fully saturated rings. The Labute approximate surface area is 185 Å². The Morgan fingerprint density at radius 2 is 1.74 bits per heavy atom. The van der Waals surface area contributed by atoms with Crippen LogP contribution in [0.25, 0.3) is 11.3 Å². The van der Waals surface area contributed by atoms with Crippen LogP contribution in [0.15, 0.2) is 30.5 Å². The number of aromatic nitrogens is 2. The van der Waals surface area contributed by atoms with E-state index < -0.39 is 0 Å². The highest BCUT2D eigenvalue weighted by Crippen LogP contribution is 2.61. The lowest BCUT2D eigenvalue weighted by Crippen LogP contribution is -2.47. The smallest absolute Gasteiger partial charge is 0.228 e. The van der Waals surface area contributed by atoms with Crippen molar-refractivity contribution >= 4 is 17.4 Å². The van der Waals surface area contributed by atoms with Crippen molar-refractivity contribution in [2.75, 3.05) is 11.1 Å². The molecular weight excluding hydrogens is 384 g/mol. The van der Waals surface area contributed by atoms with E-state index in [1.165, 1.54) is 38.5 Å². The normalized spacial score (nSPS) is 29.7. The maximum atomic E-state index is 12.7.